The summed E-state index contributed by atoms with van der Waals surface area (Å²) in [6.07, 6.45) is -1.03. The van der Waals surface area contributed by atoms with Crippen LogP contribution in [0.15, 0.2) is 36.4 Å². The predicted octanol–water partition coefficient (Wildman–Crippen LogP) is 3.00. The highest BCUT2D eigenvalue weighted by Crippen LogP contribution is 2.27. The first-order valence-corrected chi connectivity index (χ1v) is 8.85. The molecule has 3 N–H and O–H groups in total. The van der Waals surface area contributed by atoms with Gasteiger partial charge in [0, 0.05) is 16.3 Å². The highest BCUT2D eigenvalue weighted by molar-refractivity contribution is 6.30. The Hall–Kier alpha value is -3.06. The van der Waals surface area contributed by atoms with Crippen LogP contribution in [0.5, 0.6) is 5.75 Å². The second-order valence-electron chi connectivity index (χ2n) is 6.22. The summed E-state index contributed by atoms with van der Waals surface area (Å²) in [7, 11) is 0. The van der Waals surface area contributed by atoms with Gasteiger partial charge in [0.2, 0.25) is 5.91 Å². The molecule has 2 amide bonds. The van der Waals surface area contributed by atoms with Crippen molar-refractivity contribution in [3.8, 4) is 5.75 Å². The van der Waals surface area contributed by atoms with Gasteiger partial charge in [0.1, 0.15) is 5.75 Å². The zero-order valence-electron chi connectivity index (χ0n) is 15.7. The molecule has 0 heterocycles. The Morgan fingerprint density at radius 1 is 1.11 bits per heavy atom. The fourth-order valence-corrected chi connectivity index (χ4v) is 2.83. The number of nitrogens with one attached hydrogen (secondary N) is 1. The number of amides is 2. The zero-order valence-corrected chi connectivity index (χ0v) is 16.5. The molecule has 0 aliphatic rings. The lowest BCUT2D eigenvalue weighted by Crippen LogP contribution is -2.31. The van der Waals surface area contributed by atoms with Crippen LogP contribution in [0.4, 0.5) is 5.69 Å². The zero-order chi connectivity index (χ0) is 20.8. The quantitative estimate of drug-likeness (QED) is 0.689. The van der Waals surface area contributed by atoms with Crippen molar-refractivity contribution in [2.45, 2.75) is 26.9 Å². The average Bonchev–Trinajstić information content (AvgIpc) is 2.61. The van der Waals surface area contributed by atoms with E-state index >= 15 is 0 Å². The lowest BCUT2D eigenvalue weighted by molar-refractivity contribution is -0.155. The maximum atomic E-state index is 12.2. The molecule has 1 atom stereocenters. The molecule has 148 valence electrons. The molecule has 2 aromatic carbocycles. The summed E-state index contributed by atoms with van der Waals surface area (Å²) in [5, 5.41) is 3.17. The van der Waals surface area contributed by atoms with Gasteiger partial charge in [-0.05, 0) is 68.3 Å². The smallest absolute Gasteiger partial charge is 0.344 e. The second kappa shape index (κ2) is 9.23. The third-order valence-corrected chi connectivity index (χ3v) is 4.09. The van der Waals surface area contributed by atoms with Crippen molar-refractivity contribution < 1.29 is 23.9 Å². The molecule has 0 spiro atoms. The van der Waals surface area contributed by atoms with Gasteiger partial charge < -0.3 is 20.5 Å². The average molecular weight is 405 g/mol. The van der Waals surface area contributed by atoms with Crippen LogP contribution in [0.2, 0.25) is 5.02 Å². The number of ether oxygens (including phenoxy) is 2. The summed E-state index contributed by atoms with van der Waals surface area (Å²) < 4.78 is 10.6. The monoisotopic (exact) mass is 404 g/mol. The number of primary amides is 1. The first kappa shape index (κ1) is 21.2. The van der Waals surface area contributed by atoms with Crippen molar-refractivity contribution in [2.75, 3.05) is 11.9 Å². The Morgan fingerprint density at radius 3 is 2.21 bits per heavy atom. The van der Waals surface area contributed by atoms with Crippen molar-refractivity contribution in [3.63, 3.8) is 0 Å². The Bertz CT molecular complexity index is 873. The van der Waals surface area contributed by atoms with E-state index in [1.54, 1.807) is 12.1 Å². The Morgan fingerprint density at radius 2 is 1.68 bits per heavy atom. The number of hydrogen-bond donors (Lipinski definition) is 2. The van der Waals surface area contributed by atoms with Gasteiger partial charge in [-0.15, -0.1) is 0 Å². The number of rotatable bonds is 7. The minimum atomic E-state index is -1.03. The van der Waals surface area contributed by atoms with E-state index in [0.717, 1.165) is 11.1 Å². The van der Waals surface area contributed by atoms with Crippen LogP contribution in [0.25, 0.3) is 0 Å². The number of anilines is 1. The molecule has 0 saturated carbocycles. The molecule has 0 aromatic heterocycles. The van der Waals surface area contributed by atoms with E-state index in [0.29, 0.717) is 22.0 Å². The van der Waals surface area contributed by atoms with Gasteiger partial charge in [-0.1, -0.05) is 11.6 Å². The van der Waals surface area contributed by atoms with E-state index < -0.39 is 23.9 Å². The van der Waals surface area contributed by atoms with Crippen molar-refractivity contribution in [1.29, 1.82) is 0 Å². The SMILES string of the molecule is Cc1cc(Cl)cc(C)c1OCC(=O)O[C@H](C)C(=O)Nc1ccc(C(N)=O)cc1. The van der Waals surface area contributed by atoms with Gasteiger partial charge >= 0.3 is 5.97 Å². The Labute approximate surface area is 167 Å². The molecule has 0 radical (unpaired) electrons. The van der Waals surface area contributed by atoms with E-state index in [2.05, 4.69) is 5.32 Å². The Balaban J connectivity index is 1.87. The summed E-state index contributed by atoms with van der Waals surface area (Å²) in [5.74, 6) is -1.21. The third kappa shape index (κ3) is 5.72. The number of hydrogen-bond acceptors (Lipinski definition) is 5. The maximum absolute atomic E-state index is 12.2. The number of carbonyl (C=O) groups is 3. The van der Waals surface area contributed by atoms with Crippen molar-refractivity contribution >= 4 is 35.1 Å². The molecule has 0 saturated heterocycles. The third-order valence-electron chi connectivity index (χ3n) is 3.87. The molecular formula is C20H21ClN2O5. The lowest BCUT2D eigenvalue weighted by Gasteiger charge is -2.15. The summed E-state index contributed by atoms with van der Waals surface area (Å²) in [6, 6.07) is 9.49. The van der Waals surface area contributed by atoms with E-state index in [1.165, 1.54) is 31.2 Å². The van der Waals surface area contributed by atoms with Crippen LogP contribution in [0.3, 0.4) is 0 Å². The standard InChI is InChI=1S/C20H21ClN2O5/c1-11-8-15(21)9-12(2)18(11)27-10-17(24)28-13(3)20(26)23-16-6-4-14(5-7-16)19(22)25/h4-9,13H,10H2,1-3H3,(H2,22,25)(H,23,26)/t13-/m1/s1. The van der Waals surface area contributed by atoms with Crippen molar-refractivity contribution in [1.82, 2.24) is 0 Å². The van der Waals surface area contributed by atoms with Crippen LogP contribution in [-0.2, 0) is 14.3 Å². The lowest BCUT2D eigenvalue weighted by atomic mass is 10.1. The summed E-state index contributed by atoms with van der Waals surface area (Å²) in [4.78, 5) is 35.2. The molecule has 2 aromatic rings. The molecule has 0 fully saturated rings. The number of aryl methyl sites for hydroxylation is 2. The Kier molecular flexibility index (Phi) is 7.00. The second-order valence-corrected chi connectivity index (χ2v) is 6.66. The highest BCUT2D eigenvalue weighted by Gasteiger charge is 2.19. The van der Waals surface area contributed by atoms with Crippen LogP contribution in [-0.4, -0.2) is 30.5 Å². The van der Waals surface area contributed by atoms with E-state index in [-0.39, 0.29) is 6.61 Å². The number of benzene rings is 2. The van der Waals surface area contributed by atoms with Crippen LogP contribution >= 0.6 is 11.6 Å². The van der Waals surface area contributed by atoms with Crippen molar-refractivity contribution in [2.24, 2.45) is 5.73 Å². The minimum absolute atomic E-state index is 0.322. The van der Waals surface area contributed by atoms with E-state index in [4.69, 9.17) is 26.8 Å². The molecule has 28 heavy (non-hydrogen) atoms. The van der Waals surface area contributed by atoms with Crippen molar-refractivity contribution in [3.05, 3.63) is 58.1 Å². The predicted molar refractivity (Wildman–Crippen MR) is 106 cm³/mol. The van der Waals surface area contributed by atoms with Gasteiger partial charge in [0.05, 0.1) is 0 Å². The van der Waals surface area contributed by atoms with Gasteiger partial charge in [-0.2, -0.15) is 0 Å². The highest BCUT2D eigenvalue weighted by atomic mass is 35.5. The summed E-state index contributed by atoms with van der Waals surface area (Å²) in [6.45, 7) is 4.75. The first-order chi connectivity index (χ1) is 13.2. The molecule has 8 heteroatoms. The molecule has 2 rings (SSSR count). The summed E-state index contributed by atoms with van der Waals surface area (Å²) >= 11 is 5.96. The first-order valence-electron chi connectivity index (χ1n) is 8.47. The van der Waals surface area contributed by atoms with Crippen LogP contribution in [0.1, 0.15) is 28.4 Å². The molecule has 0 unspecified atom stereocenters. The van der Waals surface area contributed by atoms with E-state index in [9.17, 15) is 14.4 Å². The fraction of sp³-hybridized carbons (Fsp3) is 0.250. The van der Waals surface area contributed by atoms with Crippen LogP contribution < -0.4 is 15.8 Å². The summed E-state index contributed by atoms with van der Waals surface area (Å²) in [5.41, 5.74) is 7.52. The normalized spacial score (nSPS) is 11.4. The molecule has 0 aliphatic heterocycles. The number of carbonyl (C=O) groups excluding carboxylic acids is 3. The minimum Gasteiger partial charge on any atom is -0.481 e. The molecular weight excluding hydrogens is 384 g/mol. The maximum Gasteiger partial charge on any atom is 0.344 e. The topological polar surface area (TPSA) is 108 Å². The molecule has 0 aliphatic carbocycles. The van der Waals surface area contributed by atoms with Gasteiger partial charge in [0.15, 0.2) is 12.7 Å². The van der Waals surface area contributed by atoms with Gasteiger partial charge in [-0.25, -0.2) is 4.79 Å². The fourth-order valence-electron chi connectivity index (χ4n) is 2.50. The van der Waals surface area contributed by atoms with E-state index in [1.807, 2.05) is 13.8 Å². The van der Waals surface area contributed by atoms with Gasteiger partial charge in [-0.3, -0.25) is 9.59 Å². The number of nitrogens with two attached hydrogens (primary N) is 1. The van der Waals surface area contributed by atoms with Gasteiger partial charge in [0.25, 0.3) is 5.91 Å². The molecule has 0 bridgehead atoms. The molecule has 7 nitrogen and oxygen atoms in total. The largest absolute Gasteiger partial charge is 0.481 e. The van der Waals surface area contributed by atoms with Crippen LogP contribution in [0, 0.1) is 13.8 Å². The number of esters is 1. The number of halogens is 1.